The van der Waals surface area contributed by atoms with Gasteiger partial charge in [-0.2, -0.15) is 0 Å². The third-order valence-corrected chi connectivity index (χ3v) is 5.55. The number of likely N-dealkylation sites (tertiary alicyclic amines) is 1. The number of carbonyl (C=O) groups excluding carboxylic acids is 2. The SMILES string of the molecule is Cl.NC1(C(=O)N2CCC(C(=O)Nc3ccc(F)c(Cl)c3)CC2)CCCC1. The van der Waals surface area contributed by atoms with Crippen molar-refractivity contribution in [3.63, 3.8) is 0 Å². The number of carbonyl (C=O) groups is 2. The van der Waals surface area contributed by atoms with Gasteiger partial charge in [-0.05, 0) is 43.9 Å². The summed E-state index contributed by atoms with van der Waals surface area (Å²) < 4.78 is 13.2. The fraction of sp³-hybridized carbons (Fsp3) is 0.556. The third-order valence-electron chi connectivity index (χ3n) is 5.26. The van der Waals surface area contributed by atoms with E-state index in [0.717, 1.165) is 25.7 Å². The fourth-order valence-electron chi connectivity index (χ4n) is 3.70. The van der Waals surface area contributed by atoms with E-state index in [9.17, 15) is 14.0 Å². The second kappa shape index (κ2) is 8.55. The average Bonchev–Trinajstić information content (AvgIpc) is 3.05. The average molecular weight is 404 g/mol. The van der Waals surface area contributed by atoms with Crippen LogP contribution in [0.4, 0.5) is 10.1 Å². The van der Waals surface area contributed by atoms with Gasteiger partial charge in [0.05, 0.1) is 10.6 Å². The number of hydrogen-bond donors (Lipinski definition) is 2. The van der Waals surface area contributed by atoms with E-state index in [-0.39, 0.29) is 35.2 Å². The number of anilines is 1. The number of hydrogen-bond acceptors (Lipinski definition) is 3. The van der Waals surface area contributed by atoms with E-state index in [1.54, 1.807) is 4.90 Å². The van der Waals surface area contributed by atoms with Gasteiger partial charge in [0.15, 0.2) is 0 Å². The van der Waals surface area contributed by atoms with Crippen molar-refractivity contribution in [2.45, 2.75) is 44.1 Å². The van der Waals surface area contributed by atoms with Gasteiger partial charge >= 0.3 is 0 Å². The summed E-state index contributed by atoms with van der Waals surface area (Å²) in [6, 6.07) is 4.10. The van der Waals surface area contributed by atoms with Gasteiger partial charge in [-0.1, -0.05) is 24.4 Å². The highest BCUT2D eigenvalue weighted by Crippen LogP contribution is 2.31. The molecule has 3 N–H and O–H groups in total. The van der Waals surface area contributed by atoms with E-state index in [1.807, 2.05) is 0 Å². The molecule has 1 saturated heterocycles. The fourth-order valence-corrected chi connectivity index (χ4v) is 3.88. The summed E-state index contributed by atoms with van der Waals surface area (Å²) in [6.07, 6.45) is 4.70. The monoisotopic (exact) mass is 403 g/mol. The Balaban J connectivity index is 0.00000243. The van der Waals surface area contributed by atoms with Gasteiger partial charge in [-0.25, -0.2) is 4.39 Å². The lowest BCUT2D eigenvalue weighted by molar-refractivity contribution is -0.139. The van der Waals surface area contributed by atoms with Gasteiger partial charge in [0, 0.05) is 24.7 Å². The molecule has 5 nitrogen and oxygen atoms in total. The van der Waals surface area contributed by atoms with Crippen LogP contribution in [-0.2, 0) is 9.59 Å². The summed E-state index contributed by atoms with van der Waals surface area (Å²) in [5.41, 5.74) is 6.01. The van der Waals surface area contributed by atoms with Crippen LogP contribution >= 0.6 is 24.0 Å². The first kappa shape index (κ1) is 20.9. The zero-order valence-corrected chi connectivity index (χ0v) is 16.0. The lowest BCUT2D eigenvalue weighted by Gasteiger charge is -2.36. The minimum absolute atomic E-state index is 0. The molecule has 1 aliphatic carbocycles. The highest BCUT2D eigenvalue weighted by molar-refractivity contribution is 6.31. The number of nitrogens with zero attached hydrogens (tertiary/aromatic N) is 1. The van der Waals surface area contributed by atoms with E-state index in [2.05, 4.69) is 5.32 Å². The van der Waals surface area contributed by atoms with Crippen molar-refractivity contribution < 1.29 is 14.0 Å². The summed E-state index contributed by atoms with van der Waals surface area (Å²) in [5.74, 6) is -0.799. The molecule has 0 unspecified atom stereocenters. The van der Waals surface area contributed by atoms with E-state index < -0.39 is 11.4 Å². The van der Waals surface area contributed by atoms with Crippen LogP contribution in [-0.4, -0.2) is 35.3 Å². The van der Waals surface area contributed by atoms with Gasteiger partial charge < -0.3 is 16.0 Å². The Kier molecular flexibility index (Phi) is 6.88. The van der Waals surface area contributed by atoms with Crippen LogP contribution in [0.5, 0.6) is 0 Å². The molecule has 1 aromatic carbocycles. The van der Waals surface area contributed by atoms with Gasteiger partial charge in [-0.3, -0.25) is 9.59 Å². The van der Waals surface area contributed by atoms with Crippen molar-refractivity contribution >= 4 is 41.5 Å². The molecular formula is C18H24Cl2FN3O2. The van der Waals surface area contributed by atoms with Crippen molar-refractivity contribution in [3.05, 3.63) is 29.0 Å². The number of amides is 2. The molecule has 2 fully saturated rings. The Hall–Kier alpha value is -1.37. The summed E-state index contributed by atoms with van der Waals surface area (Å²) >= 11 is 5.73. The highest BCUT2D eigenvalue weighted by Gasteiger charge is 2.41. The molecule has 26 heavy (non-hydrogen) atoms. The van der Waals surface area contributed by atoms with E-state index in [0.29, 0.717) is 31.6 Å². The maximum atomic E-state index is 13.2. The molecular weight excluding hydrogens is 380 g/mol. The Labute approximate surface area is 163 Å². The van der Waals surface area contributed by atoms with Gasteiger partial charge in [0.25, 0.3) is 0 Å². The molecule has 8 heteroatoms. The first-order chi connectivity index (χ1) is 11.9. The molecule has 3 rings (SSSR count). The molecule has 0 bridgehead atoms. The number of nitrogens with two attached hydrogens (primary N) is 1. The third kappa shape index (κ3) is 4.48. The molecule has 0 aromatic heterocycles. The summed E-state index contributed by atoms with van der Waals surface area (Å²) in [4.78, 5) is 26.8. The predicted molar refractivity (Wildman–Crippen MR) is 102 cm³/mol. The lowest BCUT2D eigenvalue weighted by Crippen LogP contribution is -2.55. The minimum atomic E-state index is -0.708. The first-order valence-electron chi connectivity index (χ1n) is 8.73. The van der Waals surface area contributed by atoms with Crippen molar-refractivity contribution in [2.75, 3.05) is 18.4 Å². The number of halogens is 3. The smallest absolute Gasteiger partial charge is 0.242 e. The van der Waals surface area contributed by atoms with Gasteiger partial charge in [-0.15, -0.1) is 12.4 Å². The molecule has 1 heterocycles. The predicted octanol–water partition coefficient (Wildman–Crippen LogP) is 3.35. The summed E-state index contributed by atoms with van der Waals surface area (Å²) in [6.45, 7) is 1.08. The standard InChI is InChI=1S/C18H23ClFN3O2.ClH/c19-14-11-13(3-4-15(14)20)22-16(24)12-5-9-23(10-6-12)17(25)18(21)7-1-2-8-18;/h3-4,11-12H,1-2,5-10,21H2,(H,22,24);1H. The summed E-state index contributed by atoms with van der Waals surface area (Å²) in [7, 11) is 0. The van der Waals surface area contributed by atoms with Gasteiger partial charge in [0.1, 0.15) is 5.82 Å². The van der Waals surface area contributed by atoms with E-state index >= 15 is 0 Å². The Bertz CT molecular complexity index is 672. The van der Waals surface area contributed by atoms with Gasteiger partial charge in [0.2, 0.25) is 11.8 Å². The first-order valence-corrected chi connectivity index (χ1v) is 9.11. The molecule has 2 amide bonds. The van der Waals surface area contributed by atoms with Crippen molar-refractivity contribution in [2.24, 2.45) is 11.7 Å². The Morgan fingerprint density at radius 3 is 2.42 bits per heavy atom. The van der Waals surface area contributed by atoms with Crippen molar-refractivity contribution in [3.8, 4) is 0 Å². The van der Waals surface area contributed by atoms with Crippen LogP contribution in [0.1, 0.15) is 38.5 Å². The molecule has 1 saturated carbocycles. The molecule has 0 radical (unpaired) electrons. The maximum absolute atomic E-state index is 13.2. The van der Waals surface area contributed by atoms with Crippen LogP contribution in [0.25, 0.3) is 0 Å². The minimum Gasteiger partial charge on any atom is -0.341 e. The van der Waals surface area contributed by atoms with Crippen LogP contribution in [0.15, 0.2) is 18.2 Å². The Morgan fingerprint density at radius 2 is 1.85 bits per heavy atom. The van der Waals surface area contributed by atoms with Crippen LogP contribution in [0.2, 0.25) is 5.02 Å². The molecule has 1 aliphatic heterocycles. The van der Waals surface area contributed by atoms with E-state index in [1.165, 1.54) is 18.2 Å². The number of nitrogens with one attached hydrogen (secondary N) is 1. The molecule has 0 spiro atoms. The number of rotatable bonds is 3. The molecule has 2 aliphatic rings. The van der Waals surface area contributed by atoms with Crippen molar-refractivity contribution in [1.29, 1.82) is 0 Å². The molecule has 144 valence electrons. The zero-order chi connectivity index (χ0) is 18.0. The normalized spacial score (nSPS) is 19.7. The molecule has 0 atom stereocenters. The number of benzene rings is 1. The highest BCUT2D eigenvalue weighted by atomic mass is 35.5. The zero-order valence-electron chi connectivity index (χ0n) is 14.5. The Morgan fingerprint density at radius 1 is 1.23 bits per heavy atom. The topological polar surface area (TPSA) is 75.4 Å². The second-order valence-electron chi connectivity index (χ2n) is 7.05. The van der Waals surface area contributed by atoms with Crippen LogP contribution in [0.3, 0.4) is 0 Å². The largest absolute Gasteiger partial charge is 0.341 e. The molecule has 1 aromatic rings. The van der Waals surface area contributed by atoms with E-state index in [4.69, 9.17) is 17.3 Å². The number of piperidine rings is 1. The van der Waals surface area contributed by atoms with Crippen LogP contribution < -0.4 is 11.1 Å². The lowest BCUT2D eigenvalue weighted by atomic mass is 9.92. The van der Waals surface area contributed by atoms with Crippen molar-refractivity contribution in [1.82, 2.24) is 4.90 Å². The second-order valence-corrected chi connectivity index (χ2v) is 7.46. The maximum Gasteiger partial charge on any atom is 0.242 e. The quantitative estimate of drug-likeness (QED) is 0.812. The van der Waals surface area contributed by atoms with Crippen LogP contribution in [0, 0.1) is 11.7 Å². The summed E-state index contributed by atoms with van der Waals surface area (Å²) in [5, 5.41) is 2.74.